The van der Waals surface area contributed by atoms with Crippen LogP contribution in [0.3, 0.4) is 0 Å². The Labute approximate surface area is 166 Å². The highest BCUT2D eigenvalue weighted by atomic mass is 32.2. The number of carboxylic acids is 1. The number of rotatable bonds is 6. The van der Waals surface area contributed by atoms with E-state index in [2.05, 4.69) is 20.8 Å². The summed E-state index contributed by atoms with van der Waals surface area (Å²) in [5.41, 5.74) is 0.391. The molecule has 12 heteroatoms. The zero-order valence-electron chi connectivity index (χ0n) is 14.0. The molecule has 9 nitrogen and oxygen atoms in total. The fourth-order valence-electron chi connectivity index (χ4n) is 2.95. The highest BCUT2D eigenvalue weighted by Gasteiger charge is 2.54. The molecule has 1 saturated heterocycles. The van der Waals surface area contributed by atoms with Crippen molar-refractivity contribution in [1.82, 2.24) is 20.4 Å². The lowest BCUT2D eigenvalue weighted by Gasteiger charge is -2.49. The highest BCUT2D eigenvalue weighted by Crippen LogP contribution is 2.44. The minimum atomic E-state index is -1.19. The fourth-order valence-corrected chi connectivity index (χ4v) is 5.76. The number of nitrogens with zero attached hydrogens (tertiary/aromatic N) is 3. The second kappa shape index (κ2) is 7.17. The molecule has 0 radical (unpaired) electrons. The Kier molecular flexibility index (Phi) is 4.86. The molecule has 1 fully saturated rings. The van der Waals surface area contributed by atoms with Gasteiger partial charge < -0.3 is 15.7 Å². The molecule has 0 bridgehead atoms. The quantitative estimate of drug-likeness (QED) is 0.567. The third kappa shape index (κ3) is 3.21. The summed E-state index contributed by atoms with van der Waals surface area (Å²) >= 11 is 4.22. The number of fused-ring (bicyclic) bond motifs is 1. The van der Waals surface area contributed by atoms with E-state index in [0.29, 0.717) is 27.9 Å². The van der Waals surface area contributed by atoms with Gasteiger partial charge in [0.05, 0.1) is 0 Å². The van der Waals surface area contributed by atoms with E-state index in [0.717, 1.165) is 0 Å². The largest absolute Gasteiger partial charge is 0.477 e. The smallest absolute Gasteiger partial charge is 0.353 e. The number of aliphatic carboxylic acids is 1. The van der Waals surface area contributed by atoms with Gasteiger partial charge in [0.1, 0.15) is 22.1 Å². The average molecular weight is 426 g/mol. The maximum Gasteiger partial charge on any atom is 0.353 e. The summed E-state index contributed by atoms with van der Waals surface area (Å²) < 4.78 is 0. The van der Waals surface area contributed by atoms with Crippen LogP contribution in [-0.4, -0.2) is 67.5 Å². The first-order valence-corrected chi connectivity index (χ1v) is 10.8. The molecular formula is C15H15N5O4S3. The molecule has 4 heterocycles. The van der Waals surface area contributed by atoms with E-state index in [4.69, 9.17) is 0 Å². The Balaban J connectivity index is 1.53. The molecule has 0 aromatic carbocycles. The van der Waals surface area contributed by atoms with Crippen LogP contribution >= 0.6 is 34.9 Å². The first-order valence-electron chi connectivity index (χ1n) is 8.04. The lowest BCUT2D eigenvalue weighted by atomic mass is 10.0. The van der Waals surface area contributed by atoms with Crippen molar-refractivity contribution in [1.29, 1.82) is 0 Å². The third-order valence-corrected chi connectivity index (χ3v) is 7.59. The molecule has 3 atom stereocenters. The van der Waals surface area contributed by atoms with E-state index in [1.165, 1.54) is 28.0 Å². The van der Waals surface area contributed by atoms with Crippen molar-refractivity contribution in [3.05, 3.63) is 22.2 Å². The van der Waals surface area contributed by atoms with E-state index in [9.17, 15) is 19.5 Å². The van der Waals surface area contributed by atoms with Crippen LogP contribution in [0.4, 0.5) is 5.13 Å². The number of aromatic nitrogens is 2. The van der Waals surface area contributed by atoms with Crippen LogP contribution in [0.15, 0.2) is 17.2 Å². The number of amides is 2. The molecule has 1 unspecified atom stereocenters. The van der Waals surface area contributed by atoms with Crippen molar-refractivity contribution in [2.45, 2.75) is 23.1 Å². The van der Waals surface area contributed by atoms with Gasteiger partial charge in [0.25, 0.3) is 5.91 Å². The molecule has 27 heavy (non-hydrogen) atoms. The first-order chi connectivity index (χ1) is 13.0. The van der Waals surface area contributed by atoms with Crippen molar-refractivity contribution < 1.29 is 19.5 Å². The van der Waals surface area contributed by atoms with Gasteiger partial charge in [-0.2, -0.15) is 0 Å². The van der Waals surface area contributed by atoms with Crippen molar-refractivity contribution in [2.24, 2.45) is 0 Å². The molecule has 3 N–H and O–H groups in total. The Morgan fingerprint density at radius 1 is 1.41 bits per heavy atom. The zero-order chi connectivity index (χ0) is 19.1. The van der Waals surface area contributed by atoms with Crippen molar-refractivity contribution >= 4 is 63.3 Å². The Morgan fingerprint density at radius 2 is 2.19 bits per heavy atom. The van der Waals surface area contributed by atoms with Crippen molar-refractivity contribution in [2.75, 3.05) is 18.1 Å². The van der Waals surface area contributed by atoms with Crippen LogP contribution in [0, 0.1) is 0 Å². The second-order valence-corrected chi connectivity index (χ2v) is 9.19. The molecule has 1 aromatic rings. The number of carboxylic acid groups (broad SMARTS) is 1. The van der Waals surface area contributed by atoms with E-state index in [1.54, 1.807) is 18.8 Å². The monoisotopic (exact) mass is 425 g/mol. The summed E-state index contributed by atoms with van der Waals surface area (Å²) in [5, 5.41) is 25.9. The standard InChI is InChI=1S/C15H15N5O4S3/c1-16-15-19-18-11(27-15)7-5-26-13-9(12(22)20(13)10(7)14(23)24)17-8(21)4-6-2-3-25-6/h2-3,6,9,13H,4-5H2,1H3,(H,16,19)(H,17,21)(H,23,24)/t6?,9-,13-/m1/s1. The topological polar surface area (TPSA) is 125 Å². The second-order valence-electron chi connectivity index (χ2n) is 5.96. The summed E-state index contributed by atoms with van der Waals surface area (Å²) in [6.07, 6.45) is 2.25. The maximum atomic E-state index is 12.6. The Hall–Kier alpha value is -2.05. The van der Waals surface area contributed by atoms with E-state index < -0.39 is 23.3 Å². The molecule has 142 valence electrons. The molecule has 3 aliphatic heterocycles. The van der Waals surface area contributed by atoms with Crippen LogP contribution < -0.4 is 10.6 Å². The lowest BCUT2D eigenvalue weighted by molar-refractivity contribution is -0.150. The average Bonchev–Trinajstić information content (AvgIpc) is 3.10. The molecule has 2 amide bonds. The molecule has 1 aromatic heterocycles. The normalized spacial score (nSPS) is 26.2. The van der Waals surface area contributed by atoms with Gasteiger partial charge in [-0.15, -0.1) is 33.7 Å². The molecule has 0 spiro atoms. The lowest BCUT2D eigenvalue weighted by Crippen LogP contribution is -2.70. The SMILES string of the molecule is CNc1nnc(C2=C(C(=O)O)N3C(=O)[C@@H](NC(=O)CC4C=CS4)[C@H]3SC2)s1. The summed E-state index contributed by atoms with van der Waals surface area (Å²) in [7, 11) is 1.70. The zero-order valence-corrected chi connectivity index (χ0v) is 16.5. The van der Waals surface area contributed by atoms with Gasteiger partial charge in [0.15, 0.2) is 0 Å². The summed E-state index contributed by atoms with van der Waals surface area (Å²) in [6, 6.07) is -0.699. The van der Waals surface area contributed by atoms with E-state index in [-0.39, 0.29) is 16.9 Å². The predicted octanol–water partition coefficient (Wildman–Crippen LogP) is 0.795. The van der Waals surface area contributed by atoms with E-state index in [1.807, 2.05) is 11.5 Å². The summed E-state index contributed by atoms with van der Waals surface area (Å²) in [5.74, 6) is -1.43. The number of anilines is 1. The minimum Gasteiger partial charge on any atom is -0.477 e. The first kappa shape index (κ1) is 18.3. The van der Waals surface area contributed by atoms with Crippen LogP contribution in [0.25, 0.3) is 5.57 Å². The highest BCUT2D eigenvalue weighted by molar-refractivity contribution is 8.04. The molecular weight excluding hydrogens is 410 g/mol. The number of thioether (sulfide) groups is 2. The van der Waals surface area contributed by atoms with Crippen LogP contribution in [0.5, 0.6) is 0 Å². The predicted molar refractivity (Wildman–Crippen MR) is 104 cm³/mol. The van der Waals surface area contributed by atoms with Crippen LogP contribution in [0.1, 0.15) is 11.4 Å². The molecule has 3 aliphatic rings. The van der Waals surface area contributed by atoms with E-state index >= 15 is 0 Å². The van der Waals surface area contributed by atoms with Gasteiger partial charge >= 0.3 is 5.97 Å². The van der Waals surface area contributed by atoms with Crippen LogP contribution in [0.2, 0.25) is 0 Å². The molecule has 0 aliphatic carbocycles. The number of β-lactam (4-membered cyclic amide) rings is 1. The fraction of sp³-hybridized carbons (Fsp3) is 0.400. The number of hydrogen-bond acceptors (Lipinski definition) is 9. The van der Waals surface area contributed by atoms with Crippen molar-refractivity contribution in [3.63, 3.8) is 0 Å². The summed E-state index contributed by atoms with van der Waals surface area (Å²) in [4.78, 5) is 37.8. The number of carbonyl (C=O) groups excluding carboxylic acids is 2. The van der Waals surface area contributed by atoms with Gasteiger partial charge in [-0.05, 0) is 5.41 Å². The molecule has 4 rings (SSSR count). The Bertz CT molecular complexity index is 883. The Morgan fingerprint density at radius 3 is 2.78 bits per heavy atom. The van der Waals surface area contributed by atoms with Gasteiger partial charge in [-0.3, -0.25) is 14.5 Å². The number of hydrogen-bond donors (Lipinski definition) is 3. The van der Waals surface area contributed by atoms with Gasteiger partial charge in [-0.25, -0.2) is 4.79 Å². The van der Waals surface area contributed by atoms with Gasteiger partial charge in [-0.1, -0.05) is 17.4 Å². The molecule has 0 saturated carbocycles. The number of carbonyl (C=O) groups is 3. The van der Waals surface area contributed by atoms with Gasteiger partial charge in [0.2, 0.25) is 11.0 Å². The van der Waals surface area contributed by atoms with Crippen LogP contribution in [-0.2, 0) is 14.4 Å². The number of nitrogens with one attached hydrogen (secondary N) is 2. The minimum absolute atomic E-state index is 0.0782. The summed E-state index contributed by atoms with van der Waals surface area (Å²) in [6.45, 7) is 0. The third-order valence-electron chi connectivity index (χ3n) is 4.32. The van der Waals surface area contributed by atoms with Gasteiger partial charge in [0, 0.05) is 30.0 Å². The maximum absolute atomic E-state index is 12.6. The van der Waals surface area contributed by atoms with Crippen molar-refractivity contribution in [3.8, 4) is 0 Å².